The number of hydrogen-bond acceptors (Lipinski definition) is 5. The van der Waals surface area contributed by atoms with Gasteiger partial charge in [0.25, 0.3) is 0 Å². The Kier molecular flexibility index (Phi) is 3.92. The second-order valence-electron chi connectivity index (χ2n) is 3.07. The van der Waals surface area contributed by atoms with Crippen LogP contribution in [-0.4, -0.2) is 25.9 Å². The van der Waals surface area contributed by atoms with Gasteiger partial charge in [-0.15, -0.1) is 5.10 Å². The van der Waals surface area contributed by atoms with Crippen molar-refractivity contribution in [2.24, 2.45) is 12.9 Å². The van der Waals surface area contributed by atoms with Gasteiger partial charge in [-0.1, -0.05) is 18.7 Å². The summed E-state index contributed by atoms with van der Waals surface area (Å²) in [5.74, 6) is 4.72. The van der Waals surface area contributed by atoms with Crippen molar-refractivity contribution >= 4 is 17.7 Å². The van der Waals surface area contributed by atoms with Crippen molar-refractivity contribution in [1.82, 2.24) is 20.2 Å². The smallest absolute Gasteiger partial charge is 0.294 e. The highest BCUT2D eigenvalue weighted by atomic mass is 32.2. The summed E-state index contributed by atoms with van der Waals surface area (Å²) in [6.45, 7) is 1.86. The van der Waals surface area contributed by atoms with Crippen LogP contribution in [-0.2, 0) is 11.8 Å². The van der Waals surface area contributed by atoms with Crippen molar-refractivity contribution in [3.05, 3.63) is 10.5 Å². The van der Waals surface area contributed by atoms with E-state index in [-0.39, 0.29) is 23.3 Å². The number of nitrogens with two attached hydrogens (primary N) is 1. The van der Waals surface area contributed by atoms with E-state index in [1.54, 1.807) is 7.05 Å². The maximum Gasteiger partial charge on any atom is 0.343 e. The Hall–Kier alpha value is -1.28. The fourth-order valence-corrected chi connectivity index (χ4v) is 1.91. The molecule has 0 saturated carbocycles. The molecule has 0 aliphatic heterocycles. The van der Waals surface area contributed by atoms with Gasteiger partial charge in [0.05, 0.1) is 0 Å². The number of aromatic nitrogens is 3. The van der Waals surface area contributed by atoms with E-state index in [0.29, 0.717) is 5.16 Å². The van der Waals surface area contributed by atoms with E-state index in [9.17, 15) is 9.59 Å². The van der Waals surface area contributed by atoms with Crippen LogP contribution in [0.5, 0.6) is 0 Å². The molecule has 4 N–H and O–H groups in total. The zero-order valence-electron chi connectivity index (χ0n) is 8.48. The first-order valence-electron chi connectivity index (χ1n) is 4.32. The summed E-state index contributed by atoms with van der Waals surface area (Å²) < 4.78 is 1.39. The van der Waals surface area contributed by atoms with E-state index >= 15 is 0 Å². The fourth-order valence-electron chi connectivity index (χ4n) is 0.980. The zero-order valence-corrected chi connectivity index (χ0v) is 9.30. The lowest BCUT2D eigenvalue weighted by atomic mass is 10.3. The maximum absolute atomic E-state index is 11.0. The number of nitrogens with one attached hydrogen (secondary N) is 2. The summed E-state index contributed by atoms with van der Waals surface area (Å²) >= 11 is 1.34. The average Bonchev–Trinajstić information content (AvgIpc) is 2.49. The molecule has 0 aromatic carbocycles. The molecular formula is C7H13N5O2S. The van der Waals surface area contributed by atoms with E-state index < -0.39 is 0 Å². The van der Waals surface area contributed by atoms with Crippen LogP contribution in [0, 0.1) is 0 Å². The van der Waals surface area contributed by atoms with Crippen molar-refractivity contribution in [3.8, 4) is 0 Å². The molecule has 0 bridgehead atoms. The highest BCUT2D eigenvalue weighted by Crippen LogP contribution is 2.21. The minimum Gasteiger partial charge on any atom is -0.294 e. The molecule has 1 aromatic rings. The Labute approximate surface area is 90.4 Å². The number of carbonyl (C=O) groups excluding carboxylic acids is 1. The molecule has 8 heteroatoms. The molecule has 1 rings (SSSR count). The van der Waals surface area contributed by atoms with Gasteiger partial charge in [0.2, 0.25) is 5.91 Å². The first-order valence-corrected chi connectivity index (χ1v) is 5.20. The molecule has 0 radical (unpaired) electrons. The van der Waals surface area contributed by atoms with E-state index in [1.165, 1.54) is 16.3 Å². The number of thioether (sulfide) groups is 1. The molecule has 0 spiro atoms. The van der Waals surface area contributed by atoms with E-state index in [1.807, 2.05) is 6.92 Å². The minimum absolute atomic E-state index is 0.00227. The second-order valence-corrected chi connectivity index (χ2v) is 4.48. The van der Waals surface area contributed by atoms with Gasteiger partial charge in [-0.25, -0.2) is 15.7 Å². The lowest BCUT2D eigenvalue weighted by Gasteiger charge is -2.08. The van der Waals surface area contributed by atoms with E-state index in [0.717, 1.165) is 0 Å². The van der Waals surface area contributed by atoms with Crippen LogP contribution in [0.1, 0.15) is 13.3 Å². The zero-order chi connectivity index (χ0) is 11.4. The number of nitrogens with zero attached hydrogens (tertiary/aromatic N) is 2. The SMILES string of the molecule is CC(CC(=O)NN)Sc1n[nH]c(=O)n1C. The largest absolute Gasteiger partial charge is 0.343 e. The van der Waals surface area contributed by atoms with Crippen LogP contribution >= 0.6 is 11.8 Å². The van der Waals surface area contributed by atoms with Gasteiger partial charge < -0.3 is 0 Å². The van der Waals surface area contributed by atoms with E-state index in [2.05, 4.69) is 15.6 Å². The maximum atomic E-state index is 11.0. The van der Waals surface area contributed by atoms with Gasteiger partial charge in [-0.3, -0.25) is 14.8 Å². The monoisotopic (exact) mass is 231 g/mol. The van der Waals surface area contributed by atoms with Gasteiger partial charge in [0, 0.05) is 18.7 Å². The Morgan fingerprint density at radius 2 is 2.47 bits per heavy atom. The van der Waals surface area contributed by atoms with Crippen molar-refractivity contribution in [3.63, 3.8) is 0 Å². The van der Waals surface area contributed by atoms with Crippen LogP contribution < -0.4 is 17.0 Å². The Morgan fingerprint density at radius 1 is 1.80 bits per heavy atom. The van der Waals surface area contributed by atoms with Crippen LogP contribution in [0.4, 0.5) is 0 Å². The van der Waals surface area contributed by atoms with Crippen molar-refractivity contribution in [1.29, 1.82) is 0 Å². The average molecular weight is 231 g/mol. The van der Waals surface area contributed by atoms with Gasteiger partial charge >= 0.3 is 5.69 Å². The summed E-state index contributed by atoms with van der Waals surface area (Å²) in [6, 6.07) is 0. The molecule has 1 unspecified atom stereocenters. The lowest BCUT2D eigenvalue weighted by Crippen LogP contribution is -2.31. The molecule has 1 amide bonds. The second kappa shape index (κ2) is 4.99. The fraction of sp³-hybridized carbons (Fsp3) is 0.571. The summed E-state index contributed by atoms with van der Waals surface area (Å²) in [7, 11) is 1.61. The molecule has 15 heavy (non-hydrogen) atoms. The quantitative estimate of drug-likeness (QED) is 0.266. The molecule has 0 aliphatic carbocycles. The number of hydrazine groups is 1. The molecule has 1 heterocycles. The van der Waals surface area contributed by atoms with Crippen LogP contribution in [0.15, 0.2) is 9.95 Å². The number of rotatable bonds is 4. The van der Waals surface area contributed by atoms with Gasteiger partial charge in [-0.05, 0) is 0 Å². The Morgan fingerprint density at radius 3 is 2.93 bits per heavy atom. The molecule has 1 aromatic heterocycles. The molecule has 7 nitrogen and oxygen atoms in total. The van der Waals surface area contributed by atoms with Gasteiger partial charge in [-0.2, -0.15) is 0 Å². The Bertz CT molecular complexity index is 398. The first kappa shape index (κ1) is 11.8. The highest BCUT2D eigenvalue weighted by molar-refractivity contribution is 7.99. The third-order valence-electron chi connectivity index (χ3n) is 1.78. The van der Waals surface area contributed by atoms with Crippen molar-refractivity contribution in [2.45, 2.75) is 23.8 Å². The number of H-pyrrole nitrogens is 1. The lowest BCUT2D eigenvalue weighted by molar-refractivity contribution is -0.121. The predicted molar refractivity (Wildman–Crippen MR) is 56.1 cm³/mol. The van der Waals surface area contributed by atoms with E-state index in [4.69, 9.17) is 5.84 Å². The summed E-state index contributed by atoms with van der Waals surface area (Å²) in [4.78, 5) is 22.0. The molecule has 0 fully saturated rings. The molecule has 84 valence electrons. The number of aromatic amines is 1. The predicted octanol–water partition coefficient (Wildman–Crippen LogP) is -1.03. The van der Waals surface area contributed by atoms with Crippen LogP contribution in [0.25, 0.3) is 0 Å². The highest BCUT2D eigenvalue weighted by Gasteiger charge is 2.13. The van der Waals surface area contributed by atoms with Crippen molar-refractivity contribution in [2.75, 3.05) is 0 Å². The van der Waals surface area contributed by atoms with Crippen molar-refractivity contribution < 1.29 is 4.79 Å². The summed E-state index contributed by atoms with van der Waals surface area (Å²) in [6.07, 6.45) is 0.280. The van der Waals surface area contributed by atoms with Gasteiger partial charge in [0.1, 0.15) is 0 Å². The molecule has 0 saturated heterocycles. The Balaban J connectivity index is 2.58. The minimum atomic E-state index is -0.270. The normalized spacial score (nSPS) is 12.5. The van der Waals surface area contributed by atoms with Crippen LogP contribution in [0.2, 0.25) is 0 Å². The van der Waals surface area contributed by atoms with Crippen LogP contribution in [0.3, 0.4) is 0 Å². The standard InChI is InChI=1S/C7H13N5O2S/c1-4(3-5(13)9-8)15-7-11-10-6(14)12(7)2/h4H,3,8H2,1-2H3,(H,9,13)(H,10,14). The molecule has 0 aliphatic rings. The third kappa shape index (κ3) is 3.10. The topological polar surface area (TPSA) is 106 Å². The summed E-state index contributed by atoms with van der Waals surface area (Å²) in [5.41, 5.74) is 1.78. The number of amides is 1. The molecule has 1 atom stereocenters. The first-order chi connectivity index (χ1) is 7.04. The number of hydrogen-bond donors (Lipinski definition) is 3. The summed E-state index contributed by atoms with van der Waals surface area (Å²) in [5, 5.41) is 6.69. The third-order valence-corrected chi connectivity index (χ3v) is 2.92. The molecular weight excluding hydrogens is 218 g/mol. The number of carbonyl (C=O) groups is 1. The van der Waals surface area contributed by atoms with Gasteiger partial charge in [0.15, 0.2) is 5.16 Å².